The Kier molecular flexibility index (Phi) is 1.58. The SMILES string of the molecule is [B]C1CCC(C#N)C1. The van der Waals surface area contributed by atoms with Crippen LogP contribution in [-0.2, 0) is 0 Å². The van der Waals surface area contributed by atoms with E-state index in [4.69, 9.17) is 13.1 Å². The fourth-order valence-corrected chi connectivity index (χ4v) is 1.13. The molecule has 2 radical (unpaired) electrons. The lowest BCUT2D eigenvalue weighted by Gasteiger charge is -1.94. The summed E-state index contributed by atoms with van der Waals surface area (Å²) in [4.78, 5) is 0. The van der Waals surface area contributed by atoms with Crippen molar-refractivity contribution >= 4 is 7.85 Å². The Morgan fingerprint density at radius 1 is 1.50 bits per heavy atom. The highest BCUT2D eigenvalue weighted by atomic mass is 14.3. The van der Waals surface area contributed by atoms with Crippen molar-refractivity contribution in [1.29, 1.82) is 5.26 Å². The van der Waals surface area contributed by atoms with E-state index in [1.807, 2.05) is 0 Å². The molecule has 2 atom stereocenters. The van der Waals surface area contributed by atoms with Crippen LogP contribution in [-0.4, -0.2) is 7.85 Å². The number of hydrogen-bond donors (Lipinski definition) is 0. The first kappa shape index (κ1) is 5.69. The lowest BCUT2D eigenvalue weighted by Crippen LogP contribution is -1.86. The summed E-state index contributed by atoms with van der Waals surface area (Å²) in [5, 5.41) is 8.38. The van der Waals surface area contributed by atoms with E-state index in [0.717, 1.165) is 19.3 Å². The van der Waals surface area contributed by atoms with Gasteiger partial charge in [0.2, 0.25) is 0 Å². The van der Waals surface area contributed by atoms with Crippen molar-refractivity contribution < 1.29 is 0 Å². The zero-order valence-electron chi connectivity index (χ0n) is 4.80. The number of nitriles is 1. The molecular formula is C6H8BN. The van der Waals surface area contributed by atoms with Crippen LogP contribution in [0.25, 0.3) is 0 Å². The molecule has 0 aromatic heterocycles. The Balaban J connectivity index is 2.35. The van der Waals surface area contributed by atoms with Crippen LogP contribution < -0.4 is 0 Å². The third kappa shape index (κ3) is 1.03. The van der Waals surface area contributed by atoms with Crippen LogP contribution in [0.15, 0.2) is 0 Å². The van der Waals surface area contributed by atoms with E-state index in [1.54, 1.807) is 0 Å². The van der Waals surface area contributed by atoms with Gasteiger partial charge < -0.3 is 0 Å². The monoisotopic (exact) mass is 105 g/mol. The molecule has 1 aliphatic carbocycles. The third-order valence-electron chi connectivity index (χ3n) is 1.66. The minimum atomic E-state index is 0.255. The van der Waals surface area contributed by atoms with Gasteiger partial charge in [0.05, 0.1) is 13.9 Å². The summed E-state index contributed by atoms with van der Waals surface area (Å²) in [6.07, 6.45) is 2.96. The maximum atomic E-state index is 8.38. The Bertz CT molecular complexity index is 116. The first-order chi connectivity index (χ1) is 3.83. The van der Waals surface area contributed by atoms with Crippen molar-refractivity contribution in [3.63, 3.8) is 0 Å². The van der Waals surface area contributed by atoms with Crippen LogP contribution >= 0.6 is 0 Å². The van der Waals surface area contributed by atoms with Crippen molar-refractivity contribution in [3.8, 4) is 6.07 Å². The van der Waals surface area contributed by atoms with Crippen LogP contribution in [0.3, 0.4) is 0 Å². The van der Waals surface area contributed by atoms with Crippen molar-refractivity contribution in [2.45, 2.75) is 25.1 Å². The van der Waals surface area contributed by atoms with Gasteiger partial charge in [0.25, 0.3) is 0 Å². The maximum Gasteiger partial charge on any atom is 0.0700 e. The van der Waals surface area contributed by atoms with Gasteiger partial charge >= 0.3 is 0 Å². The van der Waals surface area contributed by atoms with Gasteiger partial charge in [0.1, 0.15) is 0 Å². The second-order valence-electron chi connectivity index (χ2n) is 2.40. The zero-order chi connectivity index (χ0) is 5.98. The fraction of sp³-hybridized carbons (Fsp3) is 0.833. The van der Waals surface area contributed by atoms with Crippen LogP contribution in [0.4, 0.5) is 0 Å². The van der Waals surface area contributed by atoms with Crippen molar-refractivity contribution in [1.82, 2.24) is 0 Å². The Labute approximate surface area is 51.1 Å². The maximum absolute atomic E-state index is 8.38. The van der Waals surface area contributed by atoms with E-state index >= 15 is 0 Å². The normalized spacial score (nSPS) is 36.9. The van der Waals surface area contributed by atoms with Gasteiger partial charge in [0.15, 0.2) is 0 Å². The largest absolute Gasteiger partial charge is 0.198 e. The van der Waals surface area contributed by atoms with Crippen molar-refractivity contribution in [3.05, 3.63) is 0 Å². The Morgan fingerprint density at radius 2 is 2.25 bits per heavy atom. The van der Waals surface area contributed by atoms with Crippen LogP contribution in [0, 0.1) is 17.2 Å². The van der Waals surface area contributed by atoms with Crippen molar-refractivity contribution in [2.75, 3.05) is 0 Å². The summed E-state index contributed by atoms with van der Waals surface area (Å²) < 4.78 is 0. The second kappa shape index (κ2) is 2.22. The molecule has 0 heterocycles. The van der Waals surface area contributed by atoms with E-state index in [2.05, 4.69) is 6.07 Å². The molecular weight excluding hydrogens is 96.9 g/mol. The lowest BCUT2D eigenvalue weighted by atomic mass is 9.86. The van der Waals surface area contributed by atoms with Gasteiger partial charge in [-0.2, -0.15) is 5.26 Å². The van der Waals surface area contributed by atoms with E-state index < -0.39 is 0 Å². The van der Waals surface area contributed by atoms with Gasteiger partial charge in [-0.25, -0.2) is 0 Å². The molecule has 1 fully saturated rings. The molecule has 2 unspecified atom stereocenters. The van der Waals surface area contributed by atoms with E-state index in [1.165, 1.54) is 0 Å². The molecule has 2 heteroatoms. The third-order valence-corrected chi connectivity index (χ3v) is 1.66. The number of rotatable bonds is 0. The number of nitrogens with zero attached hydrogens (tertiary/aromatic N) is 1. The van der Waals surface area contributed by atoms with Crippen LogP contribution in [0.2, 0.25) is 5.82 Å². The molecule has 1 nitrogen and oxygen atoms in total. The van der Waals surface area contributed by atoms with Crippen LogP contribution in [0.1, 0.15) is 19.3 Å². The minimum Gasteiger partial charge on any atom is -0.198 e. The average Bonchev–Trinajstić information content (AvgIpc) is 2.14. The molecule has 0 amide bonds. The lowest BCUT2D eigenvalue weighted by molar-refractivity contribution is 0.701. The molecule has 1 saturated carbocycles. The molecule has 0 N–H and O–H groups in total. The fourth-order valence-electron chi connectivity index (χ4n) is 1.13. The summed E-state index contributed by atoms with van der Waals surface area (Å²) in [6.45, 7) is 0. The second-order valence-corrected chi connectivity index (χ2v) is 2.40. The standard InChI is InChI=1S/C6H8BN/c7-6-2-1-5(3-6)4-8/h5-6H,1-3H2. The predicted molar refractivity (Wildman–Crippen MR) is 32.5 cm³/mol. The predicted octanol–water partition coefficient (Wildman–Crippen LogP) is 1.27. The van der Waals surface area contributed by atoms with Gasteiger partial charge in [-0.05, 0) is 12.8 Å². The first-order valence-corrected chi connectivity index (χ1v) is 2.98. The van der Waals surface area contributed by atoms with E-state index in [9.17, 15) is 0 Å². The summed E-state index contributed by atoms with van der Waals surface area (Å²) in [6, 6.07) is 2.21. The smallest absolute Gasteiger partial charge is 0.0700 e. The summed E-state index contributed by atoms with van der Waals surface area (Å²) in [5.41, 5.74) is 0. The summed E-state index contributed by atoms with van der Waals surface area (Å²) in [7, 11) is 5.55. The Hall–Kier alpha value is -0.445. The summed E-state index contributed by atoms with van der Waals surface area (Å²) >= 11 is 0. The highest BCUT2D eigenvalue weighted by Crippen LogP contribution is 2.31. The zero-order valence-corrected chi connectivity index (χ0v) is 4.80. The van der Waals surface area contributed by atoms with Gasteiger partial charge in [0, 0.05) is 5.92 Å². The molecule has 0 spiro atoms. The molecule has 0 aromatic carbocycles. The quantitative estimate of drug-likeness (QED) is 0.425. The molecule has 0 saturated heterocycles. The minimum absolute atomic E-state index is 0.255. The first-order valence-electron chi connectivity index (χ1n) is 2.98. The highest BCUT2D eigenvalue weighted by molar-refractivity contribution is 6.11. The molecule has 40 valence electrons. The topological polar surface area (TPSA) is 23.8 Å². The van der Waals surface area contributed by atoms with E-state index in [-0.39, 0.29) is 5.92 Å². The van der Waals surface area contributed by atoms with Gasteiger partial charge in [-0.1, -0.05) is 12.2 Å². The molecule has 0 bridgehead atoms. The van der Waals surface area contributed by atoms with Gasteiger partial charge in [-0.15, -0.1) is 0 Å². The summed E-state index contributed by atoms with van der Waals surface area (Å²) in [5.74, 6) is 0.560. The molecule has 1 aliphatic rings. The van der Waals surface area contributed by atoms with Gasteiger partial charge in [-0.3, -0.25) is 0 Å². The average molecular weight is 105 g/mol. The molecule has 0 aliphatic heterocycles. The molecule has 8 heavy (non-hydrogen) atoms. The number of hydrogen-bond acceptors (Lipinski definition) is 1. The van der Waals surface area contributed by atoms with Crippen LogP contribution in [0.5, 0.6) is 0 Å². The van der Waals surface area contributed by atoms with E-state index in [0.29, 0.717) is 5.82 Å². The molecule has 1 rings (SSSR count). The highest BCUT2D eigenvalue weighted by Gasteiger charge is 2.19. The Morgan fingerprint density at radius 3 is 2.50 bits per heavy atom. The van der Waals surface area contributed by atoms with Crippen molar-refractivity contribution in [2.24, 2.45) is 5.92 Å². The molecule has 0 aromatic rings.